The van der Waals surface area contributed by atoms with Gasteiger partial charge >= 0.3 is 0 Å². The zero-order valence-electron chi connectivity index (χ0n) is 8.09. The lowest BCUT2D eigenvalue weighted by Crippen LogP contribution is -2.12. The number of halogens is 3. The van der Waals surface area contributed by atoms with Crippen LogP contribution in [0.25, 0.3) is 0 Å². The Kier molecular flexibility index (Phi) is 5.06. The monoisotopic (exact) mass is 321 g/mol. The van der Waals surface area contributed by atoms with Crippen molar-refractivity contribution in [2.75, 3.05) is 6.26 Å². The Morgan fingerprint density at radius 2 is 2.38 bits per heavy atom. The minimum Gasteiger partial charge on any atom is -0.271 e. The molecule has 0 aromatic heterocycles. The summed E-state index contributed by atoms with van der Waals surface area (Å²) in [7, 11) is 0. The third-order valence-electron chi connectivity index (χ3n) is 1.59. The number of nitrogens with zero attached hydrogens (tertiary/aromatic N) is 2. The van der Waals surface area contributed by atoms with Crippen LogP contribution in [0.5, 0.6) is 0 Å². The van der Waals surface area contributed by atoms with Gasteiger partial charge in [-0.05, 0) is 34.3 Å². The van der Waals surface area contributed by atoms with E-state index in [1.54, 1.807) is 12.4 Å². The zero-order valence-corrected chi connectivity index (χ0v) is 11.2. The first kappa shape index (κ1) is 13.3. The quantitative estimate of drug-likeness (QED) is 0.282. The Morgan fingerprint density at radius 1 is 1.69 bits per heavy atom. The summed E-state index contributed by atoms with van der Waals surface area (Å²) >= 11 is 10.2. The normalized spacial score (nSPS) is 11.1. The summed E-state index contributed by atoms with van der Waals surface area (Å²) in [5, 5.41) is 11.2. The fourth-order valence-corrected chi connectivity index (χ4v) is 1.74. The third-order valence-corrected chi connectivity index (χ3v) is 3.44. The summed E-state index contributed by atoms with van der Waals surface area (Å²) in [5.74, 6) is -0.542. The molecule has 0 saturated carbocycles. The number of aliphatic imine (C=N–C) groups is 1. The zero-order chi connectivity index (χ0) is 12.1. The molecule has 0 bridgehead atoms. The second-order valence-electron chi connectivity index (χ2n) is 2.55. The predicted octanol–water partition coefficient (Wildman–Crippen LogP) is 3.66. The highest BCUT2D eigenvalue weighted by Gasteiger charge is 2.10. The number of hydrogen-bond acceptors (Lipinski definition) is 3. The van der Waals surface area contributed by atoms with Gasteiger partial charge in [-0.2, -0.15) is 5.26 Å². The van der Waals surface area contributed by atoms with Crippen LogP contribution in [0.2, 0.25) is 5.02 Å². The number of thioether (sulfide) groups is 1. The van der Waals surface area contributed by atoms with E-state index in [4.69, 9.17) is 16.9 Å². The average molecular weight is 323 g/mol. The summed E-state index contributed by atoms with van der Waals surface area (Å²) in [6, 6.07) is 2.74. The van der Waals surface area contributed by atoms with E-state index in [1.165, 1.54) is 23.9 Å². The lowest BCUT2D eigenvalue weighted by Gasteiger charge is -2.04. The Bertz CT molecular complexity index is 473. The number of benzene rings is 1. The highest BCUT2D eigenvalue weighted by atomic mass is 79.9. The Morgan fingerprint density at radius 3 is 2.94 bits per heavy atom. The van der Waals surface area contributed by atoms with E-state index in [1.807, 2.05) is 0 Å². The fraction of sp³-hybridized carbons (Fsp3) is 0.111. The summed E-state index contributed by atoms with van der Waals surface area (Å²) in [6.07, 6.45) is 3.43. The maximum absolute atomic E-state index is 13.4. The van der Waals surface area contributed by atoms with Crippen LogP contribution < -0.4 is 5.32 Å². The van der Waals surface area contributed by atoms with Gasteiger partial charge in [0.15, 0.2) is 17.2 Å². The Balaban J connectivity index is 3.23. The first-order chi connectivity index (χ1) is 7.60. The van der Waals surface area contributed by atoms with E-state index in [-0.39, 0.29) is 15.9 Å². The molecule has 3 nitrogen and oxygen atoms in total. The van der Waals surface area contributed by atoms with Crippen LogP contribution in [0, 0.1) is 17.3 Å². The van der Waals surface area contributed by atoms with Crippen LogP contribution >= 0.6 is 39.3 Å². The van der Waals surface area contributed by atoms with Gasteiger partial charge in [0.2, 0.25) is 0 Å². The summed E-state index contributed by atoms with van der Waals surface area (Å²) in [5.41, 5.74) is 0.00291. The molecule has 1 rings (SSSR count). The summed E-state index contributed by atoms with van der Waals surface area (Å²) < 4.78 is 14.0. The molecule has 0 amide bonds. The number of hydrogen-bond donors (Lipinski definition) is 1. The van der Waals surface area contributed by atoms with Crippen LogP contribution in [-0.2, 0) is 0 Å². The molecule has 0 heterocycles. The third kappa shape index (κ3) is 3.11. The summed E-state index contributed by atoms with van der Waals surface area (Å²) in [6.45, 7) is 0. The predicted molar refractivity (Wildman–Crippen MR) is 68.5 cm³/mol. The Labute approximate surface area is 110 Å². The van der Waals surface area contributed by atoms with Gasteiger partial charge in [0.25, 0.3) is 0 Å². The van der Waals surface area contributed by atoms with E-state index in [0.29, 0.717) is 4.47 Å². The van der Waals surface area contributed by atoms with Crippen molar-refractivity contribution in [2.45, 2.75) is 0 Å². The first-order valence-electron chi connectivity index (χ1n) is 4.01. The van der Waals surface area contributed by atoms with E-state index in [2.05, 4.69) is 26.2 Å². The maximum Gasteiger partial charge on any atom is 0.183 e. The maximum atomic E-state index is 13.4. The van der Waals surface area contributed by atoms with Crippen molar-refractivity contribution < 1.29 is 4.39 Å². The van der Waals surface area contributed by atoms with Crippen molar-refractivity contribution in [3.63, 3.8) is 0 Å². The number of nitriles is 1. The highest BCUT2D eigenvalue weighted by Crippen LogP contribution is 2.35. The molecule has 0 aliphatic rings. The molecule has 0 aliphatic heterocycles. The molecule has 0 spiro atoms. The van der Waals surface area contributed by atoms with Crippen LogP contribution in [0.4, 0.5) is 10.1 Å². The van der Waals surface area contributed by atoms with Crippen molar-refractivity contribution in [1.82, 2.24) is 5.32 Å². The lowest BCUT2D eigenvalue weighted by molar-refractivity contribution is 0.629. The smallest absolute Gasteiger partial charge is 0.183 e. The molecule has 1 aromatic rings. The average Bonchev–Trinajstić information content (AvgIpc) is 2.28. The van der Waals surface area contributed by atoms with Gasteiger partial charge in [0.1, 0.15) is 5.69 Å². The largest absolute Gasteiger partial charge is 0.271 e. The molecule has 1 N–H and O–H groups in total. The van der Waals surface area contributed by atoms with Crippen molar-refractivity contribution in [3.8, 4) is 6.19 Å². The van der Waals surface area contributed by atoms with Crippen LogP contribution in [0.15, 0.2) is 21.6 Å². The molecule has 16 heavy (non-hydrogen) atoms. The van der Waals surface area contributed by atoms with Gasteiger partial charge in [-0.15, -0.1) is 0 Å². The first-order valence-corrected chi connectivity index (χ1v) is 6.41. The van der Waals surface area contributed by atoms with Crippen molar-refractivity contribution in [2.24, 2.45) is 4.99 Å². The van der Waals surface area contributed by atoms with Crippen LogP contribution in [0.1, 0.15) is 0 Å². The number of rotatable bonds is 1. The standard InChI is InChI=1S/C9H6BrClFN3S/c1-16-9(14-4-13)15-8-6(12)3-2-5(10)7(8)11/h2-3H,1H3,(H,14,15). The minimum atomic E-state index is -0.542. The fourth-order valence-electron chi connectivity index (χ4n) is 0.893. The van der Waals surface area contributed by atoms with Gasteiger partial charge in [0.05, 0.1) is 5.02 Å². The molecule has 0 radical (unpaired) electrons. The molecule has 7 heteroatoms. The van der Waals surface area contributed by atoms with Gasteiger partial charge in [-0.25, -0.2) is 9.38 Å². The summed E-state index contributed by atoms with van der Waals surface area (Å²) in [4.78, 5) is 3.94. The van der Waals surface area contributed by atoms with Gasteiger partial charge in [-0.1, -0.05) is 23.4 Å². The molecule has 0 atom stereocenters. The van der Waals surface area contributed by atoms with E-state index < -0.39 is 5.82 Å². The molecule has 1 aromatic carbocycles. The Hall–Kier alpha value is -0.770. The van der Waals surface area contributed by atoms with Crippen molar-refractivity contribution in [1.29, 1.82) is 5.26 Å². The molecule has 0 saturated heterocycles. The highest BCUT2D eigenvalue weighted by molar-refractivity contribution is 9.10. The van der Waals surface area contributed by atoms with Crippen LogP contribution in [0.3, 0.4) is 0 Å². The van der Waals surface area contributed by atoms with E-state index in [0.717, 1.165) is 0 Å². The van der Waals surface area contributed by atoms with Crippen molar-refractivity contribution >= 4 is 50.1 Å². The lowest BCUT2D eigenvalue weighted by atomic mass is 10.3. The molecule has 0 unspecified atom stereocenters. The van der Waals surface area contributed by atoms with E-state index >= 15 is 0 Å². The second kappa shape index (κ2) is 6.09. The van der Waals surface area contributed by atoms with Gasteiger partial charge < -0.3 is 0 Å². The number of nitrogens with one attached hydrogen (secondary N) is 1. The van der Waals surface area contributed by atoms with Crippen molar-refractivity contribution in [3.05, 3.63) is 27.4 Å². The molecule has 0 aliphatic carbocycles. The molecular weight excluding hydrogens is 317 g/mol. The van der Waals surface area contributed by atoms with Gasteiger partial charge in [0, 0.05) is 4.47 Å². The van der Waals surface area contributed by atoms with Crippen LogP contribution in [-0.4, -0.2) is 11.4 Å². The molecule has 0 fully saturated rings. The second-order valence-corrected chi connectivity index (χ2v) is 4.58. The SMILES string of the molecule is CSC(=Nc1c(F)ccc(Br)c1Cl)NC#N. The van der Waals surface area contributed by atoms with Gasteiger partial charge in [-0.3, -0.25) is 5.32 Å². The molecular formula is C9H6BrClFN3S. The topological polar surface area (TPSA) is 48.2 Å². The number of amidine groups is 1. The van der Waals surface area contributed by atoms with E-state index in [9.17, 15) is 4.39 Å². The minimum absolute atomic E-state index is 0.00291. The molecule has 84 valence electrons.